The molecule has 0 spiro atoms. The van der Waals surface area contributed by atoms with Gasteiger partial charge in [0.15, 0.2) is 52.8 Å². The molecule has 6 N–H and O–H groups in total. The number of methoxy groups -OCH3 is 3. The summed E-state index contributed by atoms with van der Waals surface area (Å²) in [6.07, 6.45) is 4.84. The molecule has 4 bridgehead atoms. The predicted molar refractivity (Wildman–Crippen MR) is 353 cm³/mol. The number of fused-ring (bicyclic) bond motifs is 18. The fourth-order valence-electron chi connectivity index (χ4n) is 16.2. The number of hydrogen-bond acceptors (Lipinski definition) is 22. The first-order valence-electron chi connectivity index (χ1n) is 32.6. The van der Waals surface area contributed by atoms with E-state index in [2.05, 4.69) is 80.0 Å². The number of aromatic hydroxyl groups is 1. The summed E-state index contributed by atoms with van der Waals surface area (Å²) in [5.41, 5.74) is 16.0. The lowest BCUT2D eigenvalue weighted by molar-refractivity contribution is -0.124. The van der Waals surface area contributed by atoms with E-state index in [0.29, 0.717) is 84.0 Å². The number of carbonyl (C=O) groups excluding carboxylic acids is 3. The number of piperazine rings is 2. The second-order valence-electron chi connectivity index (χ2n) is 26.9. The number of likely N-dealkylation sites (N-methyl/N-ethyl adjacent to an activating group) is 2. The Hall–Kier alpha value is -8.69. The van der Waals surface area contributed by atoms with E-state index in [1.165, 1.54) is 0 Å². The van der Waals surface area contributed by atoms with Gasteiger partial charge in [0.05, 0.1) is 56.6 Å². The van der Waals surface area contributed by atoms with Crippen molar-refractivity contribution in [2.45, 2.75) is 166 Å². The molecule has 514 valence electrons. The maximum atomic E-state index is 13.7. The Bertz CT molecular complexity index is 3840. The van der Waals surface area contributed by atoms with Crippen LogP contribution in [-0.2, 0) is 44.7 Å². The molecule has 2 fully saturated rings. The van der Waals surface area contributed by atoms with Crippen LogP contribution in [-0.4, -0.2) is 179 Å². The Morgan fingerprint density at radius 2 is 1.12 bits per heavy atom. The number of benzene rings is 4. The third kappa shape index (κ3) is 11.8. The van der Waals surface area contributed by atoms with E-state index in [4.69, 9.17) is 57.8 Å². The van der Waals surface area contributed by atoms with Crippen LogP contribution in [0.15, 0.2) is 37.4 Å². The normalized spacial score (nSPS) is 24.5. The molecule has 12 atom stereocenters. The number of ether oxygens (including phenoxy) is 11. The number of carbonyl (C=O) groups is 3. The van der Waals surface area contributed by atoms with Gasteiger partial charge in [-0.25, -0.2) is 4.79 Å². The fraction of sp³-hybridized carbons (Fsp3) is 0.535. The number of nitrogens with two attached hydrogens (primary N) is 1. The van der Waals surface area contributed by atoms with Crippen LogP contribution >= 0.6 is 0 Å². The van der Waals surface area contributed by atoms with Crippen molar-refractivity contribution in [1.29, 1.82) is 10.5 Å². The maximum Gasteiger partial charge on any atom is 0.408 e. The Morgan fingerprint density at radius 3 is 1.57 bits per heavy atom. The highest BCUT2D eigenvalue weighted by molar-refractivity contribution is 5.85. The third-order valence-electron chi connectivity index (χ3n) is 20.0. The van der Waals surface area contributed by atoms with Crippen LogP contribution in [0, 0.1) is 50.4 Å². The highest BCUT2D eigenvalue weighted by Crippen LogP contribution is 2.61. The maximum absolute atomic E-state index is 13.7. The van der Waals surface area contributed by atoms with E-state index >= 15 is 0 Å². The van der Waals surface area contributed by atoms with E-state index in [1.54, 1.807) is 68.1 Å². The Labute approximate surface area is 561 Å². The number of alkyl carbamates (subject to hydrolysis) is 1. The topological polar surface area (TPSA) is 296 Å². The minimum Gasteiger partial charge on any atom is -0.504 e. The summed E-state index contributed by atoms with van der Waals surface area (Å²) in [6.45, 7) is 25.0. The Balaban J connectivity index is 0.000000199. The van der Waals surface area contributed by atoms with E-state index < -0.39 is 53.9 Å². The molecule has 25 nitrogen and oxygen atoms in total. The number of nitrogens with one attached hydrogen (secondary N) is 3. The van der Waals surface area contributed by atoms with Crippen molar-refractivity contribution in [3.05, 3.63) is 104 Å². The molecular weight excluding hydrogens is 1230 g/mol. The first kappa shape index (κ1) is 68.7. The minimum atomic E-state index is -0.903. The summed E-state index contributed by atoms with van der Waals surface area (Å²) in [5.74, 6) is 4.81. The van der Waals surface area contributed by atoms with Crippen molar-refractivity contribution in [3.63, 3.8) is 0 Å². The Kier molecular flexibility index (Phi) is 19.6. The molecule has 0 aromatic heterocycles. The first-order chi connectivity index (χ1) is 45.9. The van der Waals surface area contributed by atoms with Gasteiger partial charge in [-0.2, -0.15) is 10.5 Å². The molecule has 12 rings (SSSR count). The summed E-state index contributed by atoms with van der Waals surface area (Å²) in [4.78, 5) is 48.0. The molecule has 4 aromatic carbocycles. The van der Waals surface area contributed by atoms with Crippen LogP contribution < -0.4 is 64.3 Å². The van der Waals surface area contributed by atoms with E-state index in [9.17, 15) is 30.0 Å². The van der Waals surface area contributed by atoms with Gasteiger partial charge >= 0.3 is 6.09 Å². The average molecular weight is 1320 g/mol. The van der Waals surface area contributed by atoms with Gasteiger partial charge in [-0.3, -0.25) is 29.2 Å². The second kappa shape index (κ2) is 27.4. The number of rotatable bonds is 18. The number of hydrogen-bond donors (Lipinski definition) is 5. The zero-order chi connectivity index (χ0) is 69.1. The molecule has 0 aliphatic carbocycles. The zero-order valence-corrected chi connectivity index (χ0v) is 57.4. The van der Waals surface area contributed by atoms with Crippen molar-refractivity contribution in [1.82, 2.24) is 35.6 Å². The minimum absolute atomic E-state index is 0.0231. The molecule has 8 aliphatic rings. The summed E-state index contributed by atoms with van der Waals surface area (Å²) in [6, 6.07) is 4.31. The highest BCUT2D eigenvalue weighted by atomic mass is 16.7. The quantitative estimate of drug-likeness (QED) is 0.0498. The van der Waals surface area contributed by atoms with Gasteiger partial charge in [-0.05, 0) is 124 Å². The van der Waals surface area contributed by atoms with Gasteiger partial charge in [-0.15, -0.1) is 0 Å². The van der Waals surface area contributed by atoms with Crippen molar-refractivity contribution >= 4 is 17.9 Å². The standard InChI is InChI=1S/C39H51N5O9.C32H39N5O6/c1-11-12-49-33-21(3)34-36(52-19-51-34)30-24(33)15-26-31-29-23(13-20(2)32(48-10)35(29)50-18-47-9)14-25(43(31)8)27(16-40)44(26)28(30)17-41-37(45)22(4)42-38(46)53-39(5,6)7;1-7-8-41-29-16(3)30-31(43-14-42-30)25-19(29)11-21-26-24-18(9-15(2)28(40-6)27(24)38)10-20(36(26)5)22(12-33)37(21)23(25)13-35-32(39)17(4)34/h11,13,22,25-28,31H,1,12,14-15,17-19H2,2-10H3,(H,41,45)(H,42,46);7,9,17,20-23,26,38H,1,8,10-11,13-14,34H2,2-6H3,(H,35,39)/t22-,25-,26?,27-,28-,31-;17-,20-,21?,22-,23-,26-/m00/s1. The van der Waals surface area contributed by atoms with Gasteiger partial charge in [0, 0.05) is 88.9 Å². The highest BCUT2D eigenvalue weighted by Gasteiger charge is 2.59. The lowest BCUT2D eigenvalue weighted by Gasteiger charge is -2.60. The van der Waals surface area contributed by atoms with Gasteiger partial charge in [0.25, 0.3) is 0 Å². The Morgan fingerprint density at radius 1 is 0.667 bits per heavy atom. The van der Waals surface area contributed by atoms with Crippen LogP contribution in [0.5, 0.6) is 57.5 Å². The van der Waals surface area contributed by atoms with Crippen molar-refractivity contribution in [2.24, 2.45) is 5.73 Å². The molecule has 96 heavy (non-hydrogen) atoms. The van der Waals surface area contributed by atoms with Crippen molar-refractivity contribution < 1.29 is 71.6 Å². The van der Waals surface area contributed by atoms with Crippen LogP contribution in [0.4, 0.5) is 4.79 Å². The molecule has 4 aromatic rings. The lowest BCUT2D eigenvalue weighted by atomic mass is 9.71. The predicted octanol–water partition coefficient (Wildman–Crippen LogP) is 6.93. The van der Waals surface area contributed by atoms with Gasteiger partial charge in [-0.1, -0.05) is 37.4 Å². The van der Waals surface area contributed by atoms with Crippen LogP contribution in [0.1, 0.15) is 126 Å². The number of aryl methyl sites for hydroxylation is 2. The van der Waals surface area contributed by atoms with E-state index in [-0.39, 0.29) is 88.0 Å². The van der Waals surface area contributed by atoms with Crippen molar-refractivity contribution in [2.75, 3.05) is 82.1 Å². The van der Waals surface area contributed by atoms with Gasteiger partial charge < -0.3 is 78.9 Å². The second-order valence-corrected chi connectivity index (χ2v) is 26.9. The molecule has 25 heteroatoms. The lowest BCUT2D eigenvalue weighted by Crippen LogP contribution is -2.69. The molecule has 3 amide bonds. The molecule has 0 saturated carbocycles. The molecule has 8 aliphatic heterocycles. The number of nitrogens with zero attached hydrogens (tertiary/aromatic N) is 6. The molecule has 2 unspecified atom stereocenters. The summed E-state index contributed by atoms with van der Waals surface area (Å²) >= 11 is 0. The van der Waals surface area contributed by atoms with Gasteiger partial charge in [0.2, 0.25) is 25.4 Å². The average Bonchev–Trinajstić information content (AvgIpc) is 0.817. The smallest absolute Gasteiger partial charge is 0.408 e. The summed E-state index contributed by atoms with van der Waals surface area (Å²) in [5, 5.41) is 42.1. The van der Waals surface area contributed by atoms with E-state index in [0.717, 1.165) is 66.8 Å². The monoisotopic (exact) mass is 1320 g/mol. The number of amides is 3. The molecular formula is C71H90N10O15. The van der Waals surface area contributed by atoms with Crippen LogP contribution in [0.25, 0.3) is 0 Å². The number of phenolic OH excluding ortho intramolecular Hbond substituents is 1. The zero-order valence-electron chi connectivity index (χ0n) is 57.4. The van der Waals surface area contributed by atoms with Gasteiger partial charge in [0.1, 0.15) is 48.4 Å². The van der Waals surface area contributed by atoms with Crippen LogP contribution in [0.2, 0.25) is 0 Å². The fourth-order valence-corrected chi connectivity index (χ4v) is 16.2. The largest absolute Gasteiger partial charge is 0.504 e. The van der Waals surface area contributed by atoms with E-state index in [1.807, 2.05) is 34.7 Å². The summed E-state index contributed by atoms with van der Waals surface area (Å²) < 4.78 is 65.6. The first-order valence-corrected chi connectivity index (χ1v) is 32.6. The third-order valence-corrected chi connectivity index (χ3v) is 20.0. The summed E-state index contributed by atoms with van der Waals surface area (Å²) in [7, 11) is 8.85. The number of nitriles is 2. The SMILES string of the molecule is C=CCOc1c(C)c2c(c3c1CC1[C@H]4c5c(cc(C)c(OC)c5O)C[C@@H]([C@H](C#N)N1[C@H]3CNC(=O)[C@H](C)N)N4C)OCO2.C=CCOc1c(C)c2c(c3c1CC1[C@H]4c5c(cc(C)c(OC)c5OCOC)C[C@@H]([C@H](C#N)N1[C@H]3CNC(=O)[C@H](C)NC(=O)OC(C)(C)C)N4C)OCO2. The van der Waals surface area contributed by atoms with Crippen LogP contribution in [0.3, 0.4) is 0 Å². The molecule has 2 saturated heterocycles. The molecule has 0 radical (unpaired) electrons. The number of phenols is 1. The van der Waals surface area contributed by atoms with Crippen molar-refractivity contribution in [3.8, 4) is 69.6 Å². The molecule has 8 heterocycles.